The molecule has 0 bridgehead atoms. The summed E-state index contributed by atoms with van der Waals surface area (Å²) in [5, 5.41) is 12.0. The van der Waals surface area contributed by atoms with Crippen molar-refractivity contribution < 1.29 is 9.90 Å². The van der Waals surface area contributed by atoms with Crippen LogP contribution in [0.4, 0.5) is 0 Å². The predicted octanol–water partition coefficient (Wildman–Crippen LogP) is -1.62. The molecule has 1 heterocycles. The van der Waals surface area contributed by atoms with Gasteiger partial charge in [-0.15, -0.1) is 0 Å². The highest BCUT2D eigenvalue weighted by molar-refractivity contribution is 5.78. The number of hydrogen-bond acceptors (Lipinski definition) is 4. The predicted molar refractivity (Wildman–Crippen MR) is 53.7 cm³/mol. The molecule has 5 nitrogen and oxygen atoms in total. The molecule has 14 heavy (non-hydrogen) atoms. The molecule has 82 valence electrons. The highest BCUT2D eigenvalue weighted by atomic mass is 16.3. The molecule has 0 radical (unpaired) electrons. The minimum Gasteiger partial charge on any atom is -0.396 e. The molecular formula is C9H19N3O2. The van der Waals surface area contributed by atoms with E-state index in [2.05, 4.69) is 5.32 Å². The second-order valence-corrected chi connectivity index (χ2v) is 3.63. The number of nitrogens with one attached hydrogen (secondary N) is 1. The van der Waals surface area contributed by atoms with Gasteiger partial charge in [-0.1, -0.05) is 0 Å². The van der Waals surface area contributed by atoms with Crippen molar-refractivity contribution in [3.05, 3.63) is 0 Å². The Morgan fingerprint density at radius 2 is 2.36 bits per heavy atom. The number of likely N-dealkylation sites (tertiary alicyclic amines) is 1. The molecule has 0 aromatic carbocycles. The second-order valence-electron chi connectivity index (χ2n) is 3.63. The number of carbonyl (C=O) groups excluding carboxylic acids is 1. The highest BCUT2D eigenvalue weighted by Crippen LogP contribution is 2.15. The van der Waals surface area contributed by atoms with Crippen LogP contribution in [0.25, 0.3) is 0 Å². The van der Waals surface area contributed by atoms with Gasteiger partial charge in [0.1, 0.15) is 0 Å². The van der Waals surface area contributed by atoms with Crippen molar-refractivity contribution in [3.63, 3.8) is 0 Å². The first-order valence-corrected chi connectivity index (χ1v) is 5.07. The van der Waals surface area contributed by atoms with Crippen LogP contribution < -0.4 is 11.1 Å². The van der Waals surface area contributed by atoms with E-state index in [4.69, 9.17) is 10.8 Å². The zero-order valence-corrected chi connectivity index (χ0v) is 8.41. The van der Waals surface area contributed by atoms with Crippen LogP contribution in [-0.4, -0.2) is 55.2 Å². The minimum absolute atomic E-state index is 0.110. The Hall–Kier alpha value is -0.650. The van der Waals surface area contributed by atoms with Crippen LogP contribution in [0.3, 0.4) is 0 Å². The lowest BCUT2D eigenvalue weighted by molar-refractivity contribution is -0.127. The number of amides is 1. The summed E-state index contributed by atoms with van der Waals surface area (Å²) in [6, 6.07) is 0. The molecule has 1 saturated heterocycles. The van der Waals surface area contributed by atoms with Crippen LogP contribution in [0, 0.1) is 5.92 Å². The Balaban J connectivity index is 2.15. The topological polar surface area (TPSA) is 78.6 Å². The molecule has 1 aliphatic rings. The molecule has 0 aliphatic carbocycles. The zero-order valence-electron chi connectivity index (χ0n) is 8.41. The maximum atomic E-state index is 11.4. The van der Waals surface area contributed by atoms with Crippen LogP contribution in [0.1, 0.15) is 6.42 Å². The van der Waals surface area contributed by atoms with Gasteiger partial charge in [0, 0.05) is 51.7 Å². The van der Waals surface area contributed by atoms with Crippen molar-refractivity contribution in [2.24, 2.45) is 11.7 Å². The van der Waals surface area contributed by atoms with E-state index >= 15 is 0 Å². The van der Waals surface area contributed by atoms with E-state index in [1.807, 2.05) is 0 Å². The summed E-state index contributed by atoms with van der Waals surface area (Å²) >= 11 is 0. The van der Waals surface area contributed by atoms with Crippen molar-refractivity contribution in [2.75, 3.05) is 39.3 Å². The average molecular weight is 201 g/mol. The third kappa shape index (κ3) is 3.25. The van der Waals surface area contributed by atoms with E-state index in [1.54, 1.807) is 4.90 Å². The number of aliphatic hydroxyl groups is 1. The fourth-order valence-corrected chi connectivity index (χ4v) is 1.63. The minimum atomic E-state index is 0.110. The first kappa shape index (κ1) is 11.4. The molecule has 0 aromatic heterocycles. The van der Waals surface area contributed by atoms with E-state index in [0.717, 1.165) is 19.6 Å². The lowest BCUT2D eigenvalue weighted by atomic mass is 10.1. The van der Waals surface area contributed by atoms with Gasteiger partial charge in [-0.25, -0.2) is 0 Å². The smallest absolute Gasteiger partial charge is 0.223 e. The zero-order chi connectivity index (χ0) is 10.4. The first-order valence-electron chi connectivity index (χ1n) is 5.07. The third-order valence-corrected chi connectivity index (χ3v) is 2.43. The largest absolute Gasteiger partial charge is 0.396 e. The van der Waals surface area contributed by atoms with Crippen molar-refractivity contribution >= 4 is 5.91 Å². The van der Waals surface area contributed by atoms with Gasteiger partial charge in [0.05, 0.1) is 0 Å². The Labute approximate surface area is 84.3 Å². The lowest BCUT2D eigenvalue weighted by Gasteiger charge is -2.16. The fraction of sp³-hybridized carbons (Fsp3) is 0.889. The molecule has 1 unspecified atom stereocenters. The van der Waals surface area contributed by atoms with E-state index in [0.29, 0.717) is 19.5 Å². The molecular weight excluding hydrogens is 182 g/mol. The summed E-state index contributed by atoms with van der Waals surface area (Å²) in [7, 11) is 0. The maximum Gasteiger partial charge on any atom is 0.223 e. The number of hydrogen-bond donors (Lipinski definition) is 3. The van der Waals surface area contributed by atoms with E-state index in [1.165, 1.54) is 0 Å². The number of nitrogens with two attached hydrogens (primary N) is 1. The molecule has 0 saturated carbocycles. The molecule has 0 spiro atoms. The van der Waals surface area contributed by atoms with Gasteiger partial charge in [-0.2, -0.15) is 0 Å². The number of rotatable bonds is 6. The van der Waals surface area contributed by atoms with Gasteiger partial charge < -0.3 is 21.1 Å². The van der Waals surface area contributed by atoms with Crippen LogP contribution in [0.2, 0.25) is 0 Å². The number of aliphatic hydroxyl groups excluding tert-OH is 1. The standard InChI is InChI=1S/C9H19N3O2/c10-1-2-11-3-4-12-6-8(7-13)5-9(12)14/h8,11,13H,1-7,10H2. The van der Waals surface area contributed by atoms with Crippen molar-refractivity contribution in [3.8, 4) is 0 Å². The van der Waals surface area contributed by atoms with Crippen LogP contribution in [0.5, 0.6) is 0 Å². The summed E-state index contributed by atoms with van der Waals surface area (Å²) in [6.07, 6.45) is 0.493. The molecule has 1 aliphatic heterocycles. The normalized spacial score (nSPS) is 22.0. The molecule has 4 N–H and O–H groups in total. The summed E-state index contributed by atoms with van der Waals surface area (Å²) in [6.45, 7) is 3.70. The monoisotopic (exact) mass is 201 g/mol. The van der Waals surface area contributed by atoms with Gasteiger partial charge in [0.25, 0.3) is 0 Å². The van der Waals surface area contributed by atoms with Gasteiger partial charge in [-0.05, 0) is 0 Å². The Morgan fingerprint density at radius 3 is 2.93 bits per heavy atom. The molecule has 5 heteroatoms. The van der Waals surface area contributed by atoms with Gasteiger partial charge >= 0.3 is 0 Å². The fourth-order valence-electron chi connectivity index (χ4n) is 1.63. The van der Waals surface area contributed by atoms with Gasteiger partial charge in [0.2, 0.25) is 5.91 Å². The number of nitrogens with zero attached hydrogens (tertiary/aromatic N) is 1. The Morgan fingerprint density at radius 1 is 1.57 bits per heavy atom. The van der Waals surface area contributed by atoms with Crippen LogP contribution >= 0.6 is 0 Å². The quantitative estimate of drug-likeness (QED) is 0.451. The summed E-state index contributed by atoms with van der Waals surface area (Å²) < 4.78 is 0. The van der Waals surface area contributed by atoms with E-state index < -0.39 is 0 Å². The van der Waals surface area contributed by atoms with E-state index in [-0.39, 0.29) is 18.4 Å². The van der Waals surface area contributed by atoms with Crippen molar-refractivity contribution in [2.45, 2.75) is 6.42 Å². The maximum absolute atomic E-state index is 11.4. The summed E-state index contributed by atoms with van der Waals surface area (Å²) in [5.41, 5.74) is 5.32. The average Bonchev–Trinajstić information content (AvgIpc) is 2.54. The first-order chi connectivity index (χ1) is 6.77. The molecule has 1 amide bonds. The van der Waals surface area contributed by atoms with Gasteiger partial charge in [0.15, 0.2) is 0 Å². The second kappa shape index (κ2) is 5.95. The lowest BCUT2D eigenvalue weighted by Crippen LogP contribution is -2.35. The molecule has 0 aromatic rings. The third-order valence-electron chi connectivity index (χ3n) is 2.43. The van der Waals surface area contributed by atoms with Crippen LogP contribution in [-0.2, 0) is 4.79 Å². The highest BCUT2D eigenvalue weighted by Gasteiger charge is 2.28. The molecule has 1 fully saturated rings. The van der Waals surface area contributed by atoms with E-state index in [9.17, 15) is 4.79 Å². The molecule has 1 rings (SSSR count). The number of carbonyl (C=O) groups is 1. The van der Waals surface area contributed by atoms with Gasteiger partial charge in [-0.3, -0.25) is 4.79 Å². The Bertz CT molecular complexity index is 187. The van der Waals surface area contributed by atoms with Crippen LogP contribution in [0.15, 0.2) is 0 Å². The summed E-state index contributed by atoms with van der Waals surface area (Å²) in [4.78, 5) is 13.2. The summed E-state index contributed by atoms with van der Waals surface area (Å²) in [5.74, 6) is 0.288. The Kier molecular flexibility index (Phi) is 4.86. The SMILES string of the molecule is NCCNCCN1CC(CO)CC1=O. The van der Waals surface area contributed by atoms with Crippen molar-refractivity contribution in [1.82, 2.24) is 10.2 Å². The molecule has 1 atom stereocenters. The van der Waals surface area contributed by atoms with Crippen molar-refractivity contribution in [1.29, 1.82) is 0 Å².